The number of pyridine rings is 1. The number of ether oxygens (including phenoxy) is 1. The molecular weight excluding hydrogens is 484 g/mol. The van der Waals surface area contributed by atoms with E-state index in [0.29, 0.717) is 24.9 Å². The summed E-state index contributed by atoms with van der Waals surface area (Å²) in [6, 6.07) is 11.2. The maximum Gasteiger partial charge on any atom is 0.191 e. The molecule has 2 unspecified atom stereocenters. The predicted molar refractivity (Wildman–Crippen MR) is 126 cm³/mol. The zero-order valence-electron chi connectivity index (χ0n) is 17.1. The van der Waals surface area contributed by atoms with Crippen LogP contribution in [0.4, 0.5) is 10.2 Å². The van der Waals surface area contributed by atoms with Gasteiger partial charge in [-0.3, -0.25) is 4.99 Å². The number of hydrogen-bond acceptors (Lipinski definition) is 4. The van der Waals surface area contributed by atoms with Crippen LogP contribution in [0.1, 0.15) is 18.9 Å². The van der Waals surface area contributed by atoms with Crippen molar-refractivity contribution in [3.63, 3.8) is 0 Å². The molecule has 1 aromatic carbocycles. The van der Waals surface area contributed by atoms with Crippen LogP contribution < -0.4 is 20.3 Å². The summed E-state index contributed by atoms with van der Waals surface area (Å²) in [5.41, 5.74) is 1.17. The van der Waals surface area contributed by atoms with Crippen LogP contribution in [0.3, 0.4) is 0 Å². The highest BCUT2D eigenvalue weighted by atomic mass is 127. The smallest absolute Gasteiger partial charge is 0.191 e. The number of benzene rings is 1. The molecule has 1 saturated heterocycles. The van der Waals surface area contributed by atoms with Crippen LogP contribution >= 0.6 is 24.0 Å². The lowest BCUT2D eigenvalue weighted by Gasteiger charge is -2.21. The molecule has 29 heavy (non-hydrogen) atoms. The number of aliphatic imine (C=N–C) groups is 1. The first kappa shape index (κ1) is 23.2. The first-order valence-electron chi connectivity index (χ1n) is 9.61. The predicted octanol–water partition coefficient (Wildman–Crippen LogP) is 3.36. The van der Waals surface area contributed by atoms with Crippen LogP contribution in [0.15, 0.2) is 47.6 Å². The maximum absolute atomic E-state index is 13.9. The Labute approximate surface area is 189 Å². The molecule has 2 heterocycles. The van der Waals surface area contributed by atoms with Crippen molar-refractivity contribution in [1.82, 2.24) is 15.6 Å². The van der Waals surface area contributed by atoms with E-state index in [1.807, 2.05) is 43.0 Å². The Morgan fingerprint density at radius 2 is 2.21 bits per heavy atom. The molecular formula is C21H29FIN5O. The quantitative estimate of drug-likeness (QED) is 0.353. The number of anilines is 1. The molecule has 2 atom stereocenters. The van der Waals surface area contributed by atoms with Gasteiger partial charge in [-0.05, 0) is 50.1 Å². The number of halogens is 2. The van der Waals surface area contributed by atoms with E-state index >= 15 is 0 Å². The summed E-state index contributed by atoms with van der Waals surface area (Å²) in [5.74, 6) is 1.71. The van der Waals surface area contributed by atoms with Crippen molar-refractivity contribution in [3.05, 3.63) is 54.0 Å². The molecule has 0 radical (unpaired) electrons. The van der Waals surface area contributed by atoms with Crippen molar-refractivity contribution >= 4 is 35.8 Å². The molecule has 2 N–H and O–H groups in total. The van der Waals surface area contributed by atoms with Crippen LogP contribution in [0, 0.1) is 12.7 Å². The van der Waals surface area contributed by atoms with E-state index in [4.69, 9.17) is 4.74 Å². The lowest BCUT2D eigenvalue weighted by Crippen LogP contribution is -2.47. The maximum atomic E-state index is 13.9. The third-order valence-corrected chi connectivity index (χ3v) is 4.68. The van der Waals surface area contributed by atoms with Gasteiger partial charge in [0.2, 0.25) is 0 Å². The Bertz CT molecular complexity index is 819. The van der Waals surface area contributed by atoms with Gasteiger partial charge >= 0.3 is 0 Å². The molecule has 6 nitrogen and oxygen atoms in total. The molecule has 2 aromatic rings. The molecule has 1 aliphatic rings. The fraction of sp³-hybridized carbons (Fsp3) is 0.429. The largest absolute Gasteiger partial charge is 0.489 e. The number of nitrogens with zero attached hydrogens (tertiary/aromatic N) is 3. The minimum absolute atomic E-state index is 0. The standard InChI is InChI=1S/C21H28FN5O.HI/c1-15-6-4-7-18(12-15)28-16(2)13-25-21(23-3)26-17-9-11-27(14-17)20-19(22)8-5-10-24-20;/h4-8,10,12,16-17H,9,11,13-14H2,1-3H3,(H2,23,25,26);1H. The molecule has 0 amide bonds. The van der Waals surface area contributed by atoms with Crippen LogP contribution in [-0.2, 0) is 0 Å². The van der Waals surface area contributed by atoms with Gasteiger partial charge in [0.1, 0.15) is 11.9 Å². The van der Waals surface area contributed by atoms with Crippen LogP contribution in [0.25, 0.3) is 0 Å². The molecule has 1 fully saturated rings. The summed E-state index contributed by atoms with van der Waals surface area (Å²) < 4.78 is 19.9. The fourth-order valence-corrected chi connectivity index (χ4v) is 3.27. The molecule has 0 aliphatic carbocycles. The third-order valence-electron chi connectivity index (χ3n) is 4.68. The zero-order chi connectivity index (χ0) is 19.9. The van der Waals surface area contributed by atoms with Crippen molar-refractivity contribution in [3.8, 4) is 5.75 Å². The molecule has 0 spiro atoms. The second-order valence-corrected chi connectivity index (χ2v) is 7.08. The first-order chi connectivity index (χ1) is 13.5. The number of aryl methyl sites for hydroxylation is 1. The Hall–Kier alpha value is -2.10. The first-order valence-corrected chi connectivity index (χ1v) is 9.61. The molecule has 3 rings (SSSR count). The highest BCUT2D eigenvalue weighted by Gasteiger charge is 2.26. The van der Waals surface area contributed by atoms with E-state index in [0.717, 1.165) is 18.7 Å². The van der Waals surface area contributed by atoms with Gasteiger partial charge in [-0.1, -0.05) is 12.1 Å². The van der Waals surface area contributed by atoms with Gasteiger partial charge in [0.15, 0.2) is 17.6 Å². The summed E-state index contributed by atoms with van der Waals surface area (Å²) >= 11 is 0. The average Bonchev–Trinajstić information content (AvgIpc) is 3.13. The van der Waals surface area contributed by atoms with Crippen molar-refractivity contribution in [2.24, 2.45) is 4.99 Å². The second-order valence-electron chi connectivity index (χ2n) is 7.08. The molecule has 1 aliphatic heterocycles. The van der Waals surface area contributed by atoms with Crippen LogP contribution in [-0.4, -0.2) is 49.8 Å². The van der Waals surface area contributed by atoms with Crippen molar-refractivity contribution < 1.29 is 9.13 Å². The van der Waals surface area contributed by atoms with Gasteiger partial charge in [-0.25, -0.2) is 9.37 Å². The fourth-order valence-electron chi connectivity index (χ4n) is 3.27. The Kier molecular flexibility index (Phi) is 8.94. The van der Waals surface area contributed by atoms with E-state index in [1.165, 1.54) is 11.6 Å². The van der Waals surface area contributed by atoms with Gasteiger partial charge in [0.25, 0.3) is 0 Å². The summed E-state index contributed by atoms with van der Waals surface area (Å²) in [5, 5.41) is 6.71. The molecule has 0 saturated carbocycles. The van der Waals surface area contributed by atoms with Gasteiger partial charge in [0.05, 0.1) is 6.54 Å². The van der Waals surface area contributed by atoms with Crippen molar-refractivity contribution in [2.45, 2.75) is 32.4 Å². The Morgan fingerprint density at radius 1 is 1.38 bits per heavy atom. The van der Waals surface area contributed by atoms with E-state index in [2.05, 4.69) is 20.6 Å². The van der Waals surface area contributed by atoms with E-state index in [1.54, 1.807) is 19.3 Å². The number of aromatic nitrogens is 1. The summed E-state index contributed by atoms with van der Waals surface area (Å²) in [6.07, 6.45) is 2.50. The SMILES string of the molecule is CN=C(NCC(C)Oc1cccc(C)c1)NC1CCN(c2ncccc2F)C1.I. The number of guanidine groups is 1. The van der Waals surface area contributed by atoms with E-state index < -0.39 is 0 Å². The van der Waals surface area contributed by atoms with E-state index in [-0.39, 0.29) is 41.9 Å². The molecule has 1 aromatic heterocycles. The zero-order valence-corrected chi connectivity index (χ0v) is 19.4. The Balaban J connectivity index is 0.00000300. The lowest BCUT2D eigenvalue weighted by atomic mass is 10.2. The monoisotopic (exact) mass is 513 g/mol. The summed E-state index contributed by atoms with van der Waals surface area (Å²) in [4.78, 5) is 10.4. The molecule has 0 bridgehead atoms. The van der Waals surface area contributed by atoms with Gasteiger partial charge < -0.3 is 20.3 Å². The van der Waals surface area contributed by atoms with Crippen LogP contribution in [0.5, 0.6) is 5.75 Å². The summed E-state index contributed by atoms with van der Waals surface area (Å²) in [6.45, 7) is 6.13. The van der Waals surface area contributed by atoms with Crippen molar-refractivity contribution in [2.75, 3.05) is 31.6 Å². The average molecular weight is 513 g/mol. The molecule has 8 heteroatoms. The minimum Gasteiger partial charge on any atom is -0.489 e. The highest BCUT2D eigenvalue weighted by molar-refractivity contribution is 14.0. The molecule has 158 valence electrons. The normalized spacial score (nSPS) is 17.4. The van der Waals surface area contributed by atoms with Crippen LogP contribution in [0.2, 0.25) is 0 Å². The Morgan fingerprint density at radius 3 is 2.93 bits per heavy atom. The van der Waals surface area contributed by atoms with E-state index in [9.17, 15) is 4.39 Å². The summed E-state index contributed by atoms with van der Waals surface area (Å²) in [7, 11) is 1.74. The number of hydrogen-bond donors (Lipinski definition) is 2. The number of rotatable bonds is 6. The van der Waals surface area contributed by atoms with Crippen molar-refractivity contribution in [1.29, 1.82) is 0 Å². The second kappa shape index (κ2) is 11.2. The van der Waals surface area contributed by atoms with Gasteiger partial charge in [-0.15, -0.1) is 24.0 Å². The van der Waals surface area contributed by atoms with Gasteiger partial charge in [0, 0.05) is 32.4 Å². The lowest BCUT2D eigenvalue weighted by molar-refractivity contribution is 0.223. The minimum atomic E-state index is -0.284. The van der Waals surface area contributed by atoms with Gasteiger partial charge in [-0.2, -0.15) is 0 Å². The highest BCUT2D eigenvalue weighted by Crippen LogP contribution is 2.20. The topological polar surface area (TPSA) is 61.8 Å². The third kappa shape index (κ3) is 6.73. The number of nitrogens with one attached hydrogen (secondary N) is 2.